The molecule has 0 amide bonds. The number of hydrogen-bond donors (Lipinski definition) is 0. The van der Waals surface area contributed by atoms with E-state index in [1.807, 2.05) is 0 Å². The standard InChI is InChI=1S/C4H3FN2/c5-4-1-2-6-3-7-4/h1-3H/q+1. The summed E-state index contributed by atoms with van der Waals surface area (Å²) >= 11 is 0. The highest BCUT2D eigenvalue weighted by molar-refractivity contribution is 5.80. The van der Waals surface area contributed by atoms with Crippen molar-refractivity contribution >= 4 is 12.6 Å². The first-order valence-corrected chi connectivity index (χ1v) is 1.81. The molecule has 3 heteroatoms. The second-order valence-corrected chi connectivity index (χ2v) is 1.03. The summed E-state index contributed by atoms with van der Waals surface area (Å²) in [6.45, 7) is 0. The van der Waals surface area contributed by atoms with E-state index in [0.29, 0.717) is 0 Å². The molecule has 0 atom stereocenters. The van der Waals surface area contributed by atoms with Crippen LogP contribution in [0.5, 0.6) is 0 Å². The van der Waals surface area contributed by atoms with E-state index in [9.17, 15) is 4.39 Å². The molecule has 0 spiro atoms. The van der Waals surface area contributed by atoms with Crippen molar-refractivity contribution in [2.45, 2.75) is 0 Å². The maximum Gasteiger partial charge on any atom is 0.330 e. The molecule has 0 aromatic carbocycles. The van der Waals surface area contributed by atoms with Gasteiger partial charge in [0.05, 0.1) is 6.08 Å². The lowest BCUT2D eigenvalue weighted by molar-refractivity contribution is 0.629. The maximum absolute atomic E-state index is 11.8. The number of halogens is 1. The highest BCUT2D eigenvalue weighted by Gasteiger charge is 1.98. The highest BCUT2D eigenvalue weighted by Crippen LogP contribution is 1.94. The Balaban J connectivity index is 2.82. The van der Waals surface area contributed by atoms with E-state index >= 15 is 0 Å². The van der Waals surface area contributed by atoms with E-state index in [0.717, 1.165) is 6.34 Å². The Labute approximate surface area is 40.1 Å². The lowest BCUT2D eigenvalue weighted by Crippen LogP contribution is -1.91. The van der Waals surface area contributed by atoms with Crippen molar-refractivity contribution in [1.82, 2.24) is 4.99 Å². The number of rotatable bonds is 0. The van der Waals surface area contributed by atoms with Crippen LogP contribution in [0.4, 0.5) is 4.39 Å². The highest BCUT2D eigenvalue weighted by atomic mass is 19.1. The summed E-state index contributed by atoms with van der Waals surface area (Å²) in [6.07, 6.45) is 3.71. The molecule has 0 saturated heterocycles. The lowest BCUT2D eigenvalue weighted by atomic mass is 10.6. The normalized spacial score (nSPS) is 17.0. The Hall–Kier alpha value is -0.990. The average molecular weight is 98.1 g/mol. The molecule has 7 heavy (non-hydrogen) atoms. The van der Waals surface area contributed by atoms with Crippen LogP contribution in [0.1, 0.15) is 0 Å². The second-order valence-electron chi connectivity index (χ2n) is 1.03. The van der Waals surface area contributed by atoms with Gasteiger partial charge in [0.2, 0.25) is 0 Å². The summed E-state index contributed by atoms with van der Waals surface area (Å²) in [6, 6.07) is 0. The van der Waals surface area contributed by atoms with Gasteiger partial charge in [-0.1, -0.05) is 4.99 Å². The van der Waals surface area contributed by atoms with Crippen molar-refractivity contribution in [3.63, 3.8) is 0 Å². The smallest absolute Gasteiger partial charge is 0.155 e. The number of nitrogens with zero attached hydrogens (tertiary/aromatic N) is 2. The molecule has 0 fully saturated rings. The molecule has 35 valence electrons. The van der Waals surface area contributed by atoms with Crippen molar-refractivity contribution in [2.75, 3.05) is 0 Å². The van der Waals surface area contributed by atoms with Crippen LogP contribution < -0.4 is 4.99 Å². The van der Waals surface area contributed by atoms with Gasteiger partial charge in [0.1, 0.15) is 6.21 Å². The Morgan fingerprint density at radius 2 is 2.57 bits per heavy atom. The number of hydrogen-bond acceptors (Lipinski definition) is 2. The van der Waals surface area contributed by atoms with Crippen LogP contribution in [0.15, 0.2) is 17.0 Å². The third-order valence-corrected chi connectivity index (χ3v) is 0.546. The molecule has 1 radical (unpaired) electrons. The predicted octanol–water partition coefficient (Wildman–Crippen LogP) is 0.246. The van der Waals surface area contributed by atoms with Gasteiger partial charge in [-0.2, -0.15) is 4.39 Å². The SMILES string of the molecule is FC1=CC=[N+]C=N1. The zero-order valence-electron chi connectivity index (χ0n) is 3.50. The lowest BCUT2D eigenvalue weighted by Gasteiger charge is -1.71. The Bertz CT molecular complexity index is 146. The van der Waals surface area contributed by atoms with Gasteiger partial charge in [-0.3, -0.25) is 0 Å². The van der Waals surface area contributed by atoms with Gasteiger partial charge in [-0.05, 0) is 4.99 Å². The fourth-order valence-corrected chi connectivity index (χ4v) is 0.275. The van der Waals surface area contributed by atoms with Gasteiger partial charge in [0.25, 0.3) is 0 Å². The molecule has 0 saturated carbocycles. The Morgan fingerprint density at radius 1 is 1.71 bits per heavy atom. The fraction of sp³-hybridized carbons (Fsp3) is 0. The first kappa shape index (κ1) is 4.18. The molecule has 0 N–H and O–H groups in total. The molecule has 1 heterocycles. The zero-order chi connectivity index (χ0) is 5.11. The molecular formula is C4H3FN2+. The van der Waals surface area contributed by atoms with Crippen LogP contribution in [0.25, 0.3) is 0 Å². The molecule has 2 nitrogen and oxygen atoms in total. The van der Waals surface area contributed by atoms with E-state index < -0.39 is 5.95 Å². The fourth-order valence-electron chi connectivity index (χ4n) is 0.275. The molecule has 0 unspecified atom stereocenters. The Kier molecular flexibility index (Phi) is 0.978. The first-order valence-electron chi connectivity index (χ1n) is 1.81. The minimum atomic E-state index is -0.491. The van der Waals surface area contributed by atoms with Gasteiger partial charge in [-0.25, -0.2) is 0 Å². The van der Waals surface area contributed by atoms with E-state index in [1.54, 1.807) is 0 Å². The van der Waals surface area contributed by atoms with Gasteiger partial charge >= 0.3 is 12.3 Å². The maximum atomic E-state index is 11.8. The minimum absolute atomic E-state index is 0.491. The summed E-state index contributed by atoms with van der Waals surface area (Å²) in [5.41, 5.74) is 0. The van der Waals surface area contributed by atoms with E-state index in [1.165, 1.54) is 12.3 Å². The van der Waals surface area contributed by atoms with Gasteiger partial charge < -0.3 is 0 Å². The second kappa shape index (κ2) is 1.64. The van der Waals surface area contributed by atoms with Gasteiger partial charge in [0, 0.05) is 0 Å². The van der Waals surface area contributed by atoms with Crippen molar-refractivity contribution < 1.29 is 4.39 Å². The molecule has 1 rings (SSSR count). The summed E-state index contributed by atoms with van der Waals surface area (Å²) in [5, 5.41) is 0. The average Bonchev–Trinajstić information content (AvgIpc) is 1.69. The van der Waals surface area contributed by atoms with Gasteiger partial charge in [0.15, 0.2) is 0 Å². The molecular weight excluding hydrogens is 95.1 g/mol. The molecule has 1 aliphatic rings. The van der Waals surface area contributed by atoms with Crippen LogP contribution >= 0.6 is 0 Å². The van der Waals surface area contributed by atoms with Crippen LogP contribution in [0, 0.1) is 0 Å². The molecule has 0 aromatic heterocycles. The summed E-state index contributed by atoms with van der Waals surface area (Å²) in [7, 11) is 0. The van der Waals surface area contributed by atoms with E-state index in [4.69, 9.17) is 0 Å². The van der Waals surface area contributed by atoms with Crippen molar-refractivity contribution in [3.8, 4) is 0 Å². The van der Waals surface area contributed by atoms with Crippen molar-refractivity contribution in [3.05, 3.63) is 12.0 Å². The largest absolute Gasteiger partial charge is 0.330 e. The number of aliphatic imine (C=N–C) groups is 2. The molecule has 0 bridgehead atoms. The summed E-state index contributed by atoms with van der Waals surface area (Å²) in [5.74, 6) is -0.491. The van der Waals surface area contributed by atoms with E-state index in [-0.39, 0.29) is 0 Å². The predicted molar refractivity (Wildman–Crippen MR) is 25.9 cm³/mol. The van der Waals surface area contributed by atoms with Crippen LogP contribution in [-0.2, 0) is 0 Å². The van der Waals surface area contributed by atoms with Crippen LogP contribution in [0.2, 0.25) is 0 Å². The molecule has 1 aliphatic heterocycles. The summed E-state index contributed by atoms with van der Waals surface area (Å²) in [4.78, 5) is 6.70. The van der Waals surface area contributed by atoms with Crippen molar-refractivity contribution in [1.29, 1.82) is 0 Å². The minimum Gasteiger partial charge on any atom is -0.155 e. The quantitative estimate of drug-likeness (QED) is 0.388. The first-order chi connectivity index (χ1) is 3.39. The third-order valence-electron chi connectivity index (χ3n) is 0.546. The van der Waals surface area contributed by atoms with Gasteiger partial charge in [-0.15, -0.1) is 0 Å². The monoisotopic (exact) mass is 98.0 g/mol. The Morgan fingerprint density at radius 3 is 2.86 bits per heavy atom. The molecule has 0 aromatic rings. The zero-order valence-corrected chi connectivity index (χ0v) is 3.50. The van der Waals surface area contributed by atoms with Crippen molar-refractivity contribution in [2.24, 2.45) is 4.99 Å². The number of allylic oxidation sites excluding steroid dienone is 1. The molecule has 0 aliphatic carbocycles. The topological polar surface area (TPSA) is 26.5 Å². The van der Waals surface area contributed by atoms with E-state index in [2.05, 4.69) is 9.98 Å². The van der Waals surface area contributed by atoms with Crippen LogP contribution in [0.3, 0.4) is 0 Å². The summed E-state index contributed by atoms with van der Waals surface area (Å²) < 4.78 is 11.8. The van der Waals surface area contributed by atoms with Crippen LogP contribution in [-0.4, -0.2) is 12.6 Å². The third kappa shape index (κ3) is 0.924.